The summed E-state index contributed by atoms with van der Waals surface area (Å²) in [7, 11) is 0. The number of benzene rings is 2. The predicted molar refractivity (Wildman–Crippen MR) is 120 cm³/mol. The van der Waals surface area contributed by atoms with Gasteiger partial charge in [0.1, 0.15) is 5.82 Å². The van der Waals surface area contributed by atoms with E-state index in [1.165, 1.54) is 41.6 Å². The Balaban J connectivity index is 1.36. The van der Waals surface area contributed by atoms with Crippen LogP contribution in [0.3, 0.4) is 0 Å². The normalized spacial score (nSPS) is 17.4. The van der Waals surface area contributed by atoms with Crippen LogP contribution in [-0.4, -0.2) is 31.3 Å². The van der Waals surface area contributed by atoms with Crippen molar-refractivity contribution in [3.05, 3.63) is 75.1 Å². The smallest absolute Gasteiger partial charge is 0.269 e. The second kappa shape index (κ2) is 9.07. The lowest BCUT2D eigenvalue weighted by Gasteiger charge is -2.08. The van der Waals surface area contributed by atoms with Crippen LogP contribution in [0, 0.1) is 10.1 Å². The molecule has 1 aromatic heterocycles. The number of rotatable bonds is 8. The molecule has 1 amide bonds. The molecular formula is C21H20ClN5O3S. The molecule has 3 aromatic rings. The van der Waals surface area contributed by atoms with E-state index < -0.39 is 4.92 Å². The van der Waals surface area contributed by atoms with Crippen molar-refractivity contribution in [2.75, 3.05) is 11.1 Å². The molecule has 2 atom stereocenters. The van der Waals surface area contributed by atoms with Crippen molar-refractivity contribution in [1.82, 2.24) is 14.8 Å². The number of thioether (sulfide) groups is 1. The zero-order valence-corrected chi connectivity index (χ0v) is 18.3. The highest BCUT2D eigenvalue weighted by molar-refractivity contribution is 7.99. The van der Waals surface area contributed by atoms with Crippen molar-refractivity contribution < 1.29 is 9.72 Å². The first kappa shape index (κ1) is 21.3. The van der Waals surface area contributed by atoms with E-state index in [0.717, 1.165) is 23.8 Å². The first-order valence-corrected chi connectivity index (χ1v) is 11.2. The summed E-state index contributed by atoms with van der Waals surface area (Å²) in [6.07, 6.45) is 1.02. The number of nitrogens with one attached hydrogen (secondary N) is 1. The van der Waals surface area contributed by atoms with E-state index >= 15 is 0 Å². The standard InChI is InChI=1S/C21H20ClN5O3S/c1-2-26-20(18-11-17(18)13-3-5-14(22)6-4-13)24-25-21(26)31-12-19(28)23-15-7-9-16(10-8-15)27(29)30/h3-10,17-18H,2,11-12H2,1H3,(H,23,28)/t17-,18+/m1/s1. The molecule has 0 radical (unpaired) electrons. The average Bonchev–Trinajstić information content (AvgIpc) is 3.44. The van der Waals surface area contributed by atoms with Gasteiger partial charge in [-0.25, -0.2) is 0 Å². The summed E-state index contributed by atoms with van der Waals surface area (Å²) in [6.45, 7) is 2.76. The lowest BCUT2D eigenvalue weighted by atomic mass is 10.1. The van der Waals surface area contributed by atoms with E-state index in [0.29, 0.717) is 22.7 Å². The van der Waals surface area contributed by atoms with Crippen LogP contribution in [-0.2, 0) is 11.3 Å². The third-order valence-electron chi connectivity index (χ3n) is 5.18. The van der Waals surface area contributed by atoms with Gasteiger partial charge in [0.25, 0.3) is 5.69 Å². The third-order valence-corrected chi connectivity index (χ3v) is 6.39. The summed E-state index contributed by atoms with van der Waals surface area (Å²) in [5.41, 5.74) is 1.74. The zero-order valence-electron chi connectivity index (χ0n) is 16.7. The van der Waals surface area contributed by atoms with Crippen LogP contribution in [0.4, 0.5) is 11.4 Å². The molecule has 0 unspecified atom stereocenters. The maximum atomic E-state index is 12.3. The molecule has 160 valence electrons. The molecule has 0 saturated heterocycles. The van der Waals surface area contributed by atoms with Crippen molar-refractivity contribution in [2.24, 2.45) is 0 Å². The highest BCUT2D eigenvalue weighted by atomic mass is 35.5. The summed E-state index contributed by atoms with van der Waals surface area (Å²) >= 11 is 7.31. The Hall–Kier alpha value is -2.91. The topological polar surface area (TPSA) is 103 Å². The van der Waals surface area contributed by atoms with Gasteiger partial charge in [-0.05, 0) is 49.1 Å². The Morgan fingerprint density at radius 3 is 2.55 bits per heavy atom. The molecule has 1 heterocycles. The minimum Gasteiger partial charge on any atom is -0.325 e. The van der Waals surface area contributed by atoms with Gasteiger partial charge in [0, 0.05) is 35.3 Å². The quantitative estimate of drug-likeness (QED) is 0.294. The van der Waals surface area contributed by atoms with Crippen LogP contribution in [0.25, 0.3) is 0 Å². The van der Waals surface area contributed by atoms with Gasteiger partial charge >= 0.3 is 0 Å². The van der Waals surface area contributed by atoms with Gasteiger partial charge in [-0.15, -0.1) is 10.2 Å². The molecule has 1 saturated carbocycles. The van der Waals surface area contributed by atoms with Gasteiger partial charge in [-0.2, -0.15) is 0 Å². The molecule has 1 N–H and O–H groups in total. The number of hydrogen-bond donors (Lipinski definition) is 1. The molecule has 4 rings (SSSR count). The lowest BCUT2D eigenvalue weighted by molar-refractivity contribution is -0.384. The molecule has 1 fully saturated rings. The molecule has 1 aliphatic rings. The Labute approximate surface area is 188 Å². The zero-order chi connectivity index (χ0) is 22.0. The summed E-state index contributed by atoms with van der Waals surface area (Å²) in [6, 6.07) is 13.7. The van der Waals surface area contributed by atoms with Crippen LogP contribution in [0.1, 0.15) is 36.6 Å². The molecular weight excluding hydrogens is 438 g/mol. The van der Waals surface area contributed by atoms with Crippen LogP contribution < -0.4 is 5.32 Å². The van der Waals surface area contributed by atoms with Gasteiger partial charge in [0.05, 0.1) is 10.7 Å². The number of nitro benzene ring substituents is 1. The number of carbonyl (C=O) groups excluding carboxylic acids is 1. The number of halogens is 1. The molecule has 0 spiro atoms. The van der Waals surface area contributed by atoms with Gasteiger partial charge in [0.2, 0.25) is 5.91 Å². The molecule has 8 nitrogen and oxygen atoms in total. The first-order valence-electron chi connectivity index (χ1n) is 9.82. The summed E-state index contributed by atoms with van der Waals surface area (Å²) in [5, 5.41) is 23.6. The highest BCUT2D eigenvalue weighted by Crippen LogP contribution is 2.54. The third kappa shape index (κ3) is 4.88. The first-order chi connectivity index (χ1) is 15.0. The Morgan fingerprint density at radius 2 is 1.90 bits per heavy atom. The van der Waals surface area contributed by atoms with Gasteiger partial charge in [0.15, 0.2) is 5.16 Å². The number of carbonyl (C=O) groups is 1. The van der Waals surface area contributed by atoms with Crippen molar-refractivity contribution in [2.45, 2.75) is 36.9 Å². The monoisotopic (exact) mass is 457 g/mol. The molecule has 1 aliphatic carbocycles. The summed E-state index contributed by atoms with van der Waals surface area (Å²) in [5.74, 6) is 1.63. The molecule has 0 bridgehead atoms. The number of nitrogens with zero attached hydrogens (tertiary/aromatic N) is 4. The summed E-state index contributed by atoms with van der Waals surface area (Å²) < 4.78 is 2.06. The van der Waals surface area contributed by atoms with Crippen LogP contribution >= 0.6 is 23.4 Å². The average molecular weight is 458 g/mol. The van der Waals surface area contributed by atoms with Crippen molar-refractivity contribution in [3.63, 3.8) is 0 Å². The Morgan fingerprint density at radius 1 is 1.19 bits per heavy atom. The molecule has 0 aliphatic heterocycles. The van der Waals surface area contributed by atoms with E-state index in [1.54, 1.807) is 0 Å². The van der Waals surface area contributed by atoms with E-state index in [9.17, 15) is 14.9 Å². The van der Waals surface area contributed by atoms with Crippen molar-refractivity contribution in [1.29, 1.82) is 0 Å². The predicted octanol–water partition coefficient (Wildman–Crippen LogP) is 4.86. The van der Waals surface area contributed by atoms with Crippen LogP contribution in [0.15, 0.2) is 53.7 Å². The second-order valence-electron chi connectivity index (χ2n) is 7.23. The van der Waals surface area contributed by atoms with E-state index in [1.807, 2.05) is 19.1 Å². The van der Waals surface area contributed by atoms with Crippen molar-refractivity contribution >= 4 is 40.6 Å². The van der Waals surface area contributed by atoms with Gasteiger partial charge in [-0.1, -0.05) is 35.5 Å². The largest absolute Gasteiger partial charge is 0.325 e. The van der Waals surface area contributed by atoms with Gasteiger partial charge < -0.3 is 9.88 Å². The highest BCUT2D eigenvalue weighted by Gasteiger charge is 2.43. The fourth-order valence-corrected chi connectivity index (χ4v) is 4.47. The number of aromatic nitrogens is 3. The molecule has 10 heteroatoms. The Kier molecular flexibility index (Phi) is 6.24. The van der Waals surface area contributed by atoms with Gasteiger partial charge in [-0.3, -0.25) is 14.9 Å². The van der Waals surface area contributed by atoms with Crippen molar-refractivity contribution in [3.8, 4) is 0 Å². The SMILES string of the molecule is CCn1c(SCC(=O)Nc2ccc([N+](=O)[O-])cc2)nnc1[C@H]1C[C@@H]1c1ccc(Cl)cc1. The van der Waals surface area contributed by atoms with E-state index in [2.05, 4.69) is 32.2 Å². The maximum Gasteiger partial charge on any atom is 0.269 e. The number of amides is 1. The maximum absolute atomic E-state index is 12.3. The minimum absolute atomic E-state index is 0.0204. The Bertz CT molecular complexity index is 1100. The van der Waals surface area contributed by atoms with E-state index in [4.69, 9.17) is 11.6 Å². The number of anilines is 1. The lowest BCUT2D eigenvalue weighted by Crippen LogP contribution is -2.14. The number of non-ortho nitro benzene ring substituents is 1. The second-order valence-corrected chi connectivity index (χ2v) is 8.61. The fraction of sp³-hybridized carbons (Fsp3) is 0.286. The summed E-state index contributed by atoms with van der Waals surface area (Å²) in [4.78, 5) is 22.5. The fourth-order valence-electron chi connectivity index (χ4n) is 3.53. The number of hydrogen-bond acceptors (Lipinski definition) is 6. The van der Waals surface area contributed by atoms with Crippen LogP contribution in [0.5, 0.6) is 0 Å². The number of nitro groups is 1. The van der Waals surface area contributed by atoms with Crippen LogP contribution in [0.2, 0.25) is 5.02 Å². The van der Waals surface area contributed by atoms with E-state index in [-0.39, 0.29) is 17.3 Å². The molecule has 2 aromatic carbocycles. The minimum atomic E-state index is -0.478. The molecule has 31 heavy (non-hydrogen) atoms.